The van der Waals surface area contributed by atoms with Gasteiger partial charge in [0, 0.05) is 11.1 Å². The van der Waals surface area contributed by atoms with E-state index >= 15 is 0 Å². The molecule has 2 rings (SSSR count). The Kier molecular flexibility index (Phi) is 6.36. The number of ether oxygens (including phenoxy) is 1. The monoisotopic (exact) mass is 478 g/mol. The van der Waals surface area contributed by atoms with Crippen molar-refractivity contribution in [3.8, 4) is 16.9 Å². The van der Waals surface area contributed by atoms with E-state index in [1.807, 2.05) is 0 Å². The van der Waals surface area contributed by atoms with Gasteiger partial charge in [-0.1, -0.05) is 30.8 Å². The fraction of sp³-hybridized carbons (Fsp3) is 0.211. The molecule has 0 aliphatic carbocycles. The van der Waals surface area contributed by atoms with Crippen LogP contribution in [-0.4, -0.2) is 18.3 Å². The minimum Gasteiger partial charge on any atom is -0.421 e. The normalized spacial score (nSPS) is 13.1. The third kappa shape index (κ3) is 4.55. The van der Waals surface area contributed by atoms with Gasteiger partial charge in [0.25, 0.3) is 0 Å². The standard InChI is InChI=1S/C19H9F11O2/c1-9(20)15(31)32-14-7-6-10(17(22,23)24)8-12(14)11-4-2-3-5-13(11)16(21,18(25,26)27)19(28,29)30/h2-8H,1H2. The van der Waals surface area contributed by atoms with Crippen molar-refractivity contribution >= 4 is 5.97 Å². The van der Waals surface area contributed by atoms with Crippen molar-refractivity contribution in [3.63, 3.8) is 0 Å². The zero-order valence-corrected chi connectivity index (χ0v) is 15.2. The zero-order chi connectivity index (χ0) is 24.7. The number of halogens is 11. The summed E-state index contributed by atoms with van der Waals surface area (Å²) >= 11 is 0. The summed E-state index contributed by atoms with van der Waals surface area (Å²) < 4.78 is 151. The number of carbonyl (C=O) groups is 1. The van der Waals surface area contributed by atoms with E-state index in [0.717, 1.165) is 6.07 Å². The van der Waals surface area contributed by atoms with Crippen LogP contribution < -0.4 is 4.74 Å². The molecule has 0 aliphatic heterocycles. The van der Waals surface area contributed by atoms with Crippen molar-refractivity contribution in [1.29, 1.82) is 0 Å². The Morgan fingerprint density at radius 3 is 1.78 bits per heavy atom. The molecule has 32 heavy (non-hydrogen) atoms. The van der Waals surface area contributed by atoms with Crippen molar-refractivity contribution in [2.45, 2.75) is 24.2 Å². The number of carbonyl (C=O) groups excluding carboxylic acids is 1. The molecule has 0 unspecified atom stereocenters. The second-order valence-electron chi connectivity index (χ2n) is 6.20. The van der Waals surface area contributed by atoms with Crippen LogP contribution >= 0.6 is 0 Å². The number of hydrogen-bond acceptors (Lipinski definition) is 2. The van der Waals surface area contributed by atoms with Crippen LogP contribution in [-0.2, 0) is 16.6 Å². The maximum atomic E-state index is 14.7. The summed E-state index contributed by atoms with van der Waals surface area (Å²) in [6.45, 7) is 2.55. The molecule has 0 atom stereocenters. The SMILES string of the molecule is C=C(F)C(=O)Oc1ccc(C(F)(F)F)cc1-c1ccccc1C(F)(C(F)(F)F)C(F)(F)F. The lowest BCUT2D eigenvalue weighted by Crippen LogP contribution is -2.50. The van der Waals surface area contributed by atoms with Crippen molar-refractivity contribution in [2.75, 3.05) is 0 Å². The largest absolute Gasteiger partial charge is 0.435 e. The number of hydrogen-bond donors (Lipinski definition) is 0. The van der Waals surface area contributed by atoms with Crippen LogP contribution in [0.1, 0.15) is 11.1 Å². The molecule has 0 bridgehead atoms. The van der Waals surface area contributed by atoms with Gasteiger partial charge in [0.05, 0.1) is 5.56 Å². The Morgan fingerprint density at radius 2 is 1.31 bits per heavy atom. The molecule has 0 saturated heterocycles. The second kappa shape index (κ2) is 8.10. The zero-order valence-electron chi connectivity index (χ0n) is 15.2. The highest BCUT2D eigenvalue weighted by atomic mass is 19.4. The summed E-state index contributed by atoms with van der Waals surface area (Å²) in [6, 6.07) is 2.59. The van der Waals surface area contributed by atoms with E-state index in [-0.39, 0.29) is 18.2 Å². The van der Waals surface area contributed by atoms with Gasteiger partial charge < -0.3 is 4.74 Å². The molecule has 0 aromatic heterocycles. The number of alkyl halides is 10. The molecule has 0 radical (unpaired) electrons. The number of rotatable bonds is 4. The first-order valence-electron chi connectivity index (χ1n) is 8.11. The molecule has 2 aromatic carbocycles. The van der Waals surface area contributed by atoms with Crippen LogP contribution in [0.4, 0.5) is 48.3 Å². The Labute approximate surface area is 171 Å². The summed E-state index contributed by atoms with van der Waals surface area (Å²) in [5.41, 5.74) is -12.2. The summed E-state index contributed by atoms with van der Waals surface area (Å²) in [7, 11) is 0. The predicted molar refractivity (Wildman–Crippen MR) is 87.7 cm³/mol. The second-order valence-corrected chi connectivity index (χ2v) is 6.20. The van der Waals surface area contributed by atoms with Crippen LogP contribution in [0.2, 0.25) is 0 Å². The van der Waals surface area contributed by atoms with Gasteiger partial charge in [0.2, 0.25) is 5.83 Å². The third-order valence-electron chi connectivity index (χ3n) is 4.10. The Hall–Kier alpha value is -3.12. The van der Waals surface area contributed by atoms with Crippen molar-refractivity contribution in [1.82, 2.24) is 0 Å². The number of benzene rings is 2. The molecule has 0 amide bonds. The molecule has 0 spiro atoms. The number of esters is 1. The maximum Gasteiger partial charge on any atom is 0.435 e. The summed E-state index contributed by atoms with van der Waals surface area (Å²) in [5, 5.41) is 0. The van der Waals surface area contributed by atoms with E-state index in [1.54, 1.807) is 0 Å². The molecule has 0 saturated carbocycles. The average Bonchev–Trinajstić information content (AvgIpc) is 2.64. The highest BCUT2D eigenvalue weighted by molar-refractivity contribution is 5.89. The Bertz CT molecular complexity index is 1020. The molecule has 0 aliphatic rings. The fourth-order valence-electron chi connectivity index (χ4n) is 2.65. The first-order valence-corrected chi connectivity index (χ1v) is 8.11. The molecule has 2 nitrogen and oxygen atoms in total. The van der Waals surface area contributed by atoms with Crippen LogP contribution in [0.3, 0.4) is 0 Å². The summed E-state index contributed by atoms with van der Waals surface area (Å²) in [5.74, 6) is -4.72. The first kappa shape index (κ1) is 25.1. The van der Waals surface area contributed by atoms with Gasteiger partial charge in [0.1, 0.15) is 5.75 Å². The van der Waals surface area contributed by atoms with E-state index in [1.165, 1.54) is 0 Å². The minimum absolute atomic E-state index is 0.0373. The van der Waals surface area contributed by atoms with Crippen LogP contribution in [0.15, 0.2) is 54.9 Å². The minimum atomic E-state index is -6.58. The molecule has 0 N–H and O–H groups in total. The van der Waals surface area contributed by atoms with Gasteiger partial charge in [-0.15, -0.1) is 0 Å². The lowest BCUT2D eigenvalue weighted by atomic mass is 9.86. The molecule has 0 heterocycles. The van der Waals surface area contributed by atoms with E-state index in [9.17, 15) is 53.1 Å². The quantitative estimate of drug-likeness (QED) is 0.204. The predicted octanol–water partition coefficient (Wildman–Crippen LogP) is 7.05. The highest BCUT2D eigenvalue weighted by Gasteiger charge is 2.74. The van der Waals surface area contributed by atoms with Crippen molar-refractivity contribution < 1.29 is 57.8 Å². The van der Waals surface area contributed by atoms with E-state index in [2.05, 4.69) is 11.3 Å². The average molecular weight is 478 g/mol. The lowest BCUT2D eigenvalue weighted by Gasteiger charge is -2.32. The van der Waals surface area contributed by atoms with Gasteiger partial charge >= 0.3 is 30.2 Å². The van der Waals surface area contributed by atoms with Crippen LogP contribution in [0.25, 0.3) is 11.1 Å². The van der Waals surface area contributed by atoms with Crippen molar-refractivity contribution in [3.05, 3.63) is 66.0 Å². The van der Waals surface area contributed by atoms with Crippen LogP contribution in [0, 0.1) is 0 Å². The van der Waals surface area contributed by atoms with Gasteiger partial charge in [-0.3, -0.25) is 0 Å². The third-order valence-corrected chi connectivity index (χ3v) is 4.10. The summed E-state index contributed by atoms with van der Waals surface area (Å²) in [4.78, 5) is 11.4. The van der Waals surface area contributed by atoms with Gasteiger partial charge in [-0.05, 0) is 23.8 Å². The topological polar surface area (TPSA) is 26.3 Å². The molecule has 174 valence electrons. The highest BCUT2D eigenvalue weighted by Crippen LogP contribution is 2.56. The maximum absolute atomic E-state index is 14.7. The van der Waals surface area contributed by atoms with E-state index in [4.69, 9.17) is 0 Å². The smallest absolute Gasteiger partial charge is 0.421 e. The molecular formula is C19H9F11O2. The summed E-state index contributed by atoms with van der Waals surface area (Å²) in [6.07, 6.45) is -18.3. The molecule has 13 heteroatoms. The van der Waals surface area contributed by atoms with Gasteiger partial charge in [-0.25, -0.2) is 9.18 Å². The molecule has 2 aromatic rings. The Balaban J connectivity index is 2.92. The van der Waals surface area contributed by atoms with E-state index < -0.39 is 64.0 Å². The van der Waals surface area contributed by atoms with Crippen molar-refractivity contribution in [2.24, 2.45) is 0 Å². The lowest BCUT2D eigenvalue weighted by molar-refractivity contribution is -0.348. The van der Waals surface area contributed by atoms with E-state index in [0.29, 0.717) is 18.2 Å². The molecular weight excluding hydrogens is 469 g/mol. The Morgan fingerprint density at radius 1 is 0.781 bits per heavy atom. The van der Waals surface area contributed by atoms with Gasteiger partial charge in [0.15, 0.2) is 0 Å². The molecule has 0 fully saturated rings. The fourth-order valence-corrected chi connectivity index (χ4v) is 2.65. The van der Waals surface area contributed by atoms with Crippen LogP contribution in [0.5, 0.6) is 5.75 Å². The first-order chi connectivity index (χ1) is 14.4. The van der Waals surface area contributed by atoms with Gasteiger partial charge in [-0.2, -0.15) is 43.9 Å².